The maximum atomic E-state index is 3.24. The van der Waals surface area contributed by atoms with Crippen LogP contribution in [-0.2, 0) is 0 Å². The van der Waals surface area contributed by atoms with Gasteiger partial charge in [-0.2, -0.15) is 0 Å². The highest BCUT2D eigenvalue weighted by Gasteiger charge is 2.10. The van der Waals surface area contributed by atoms with Crippen molar-refractivity contribution in [2.24, 2.45) is 0 Å². The van der Waals surface area contributed by atoms with E-state index >= 15 is 0 Å². The van der Waals surface area contributed by atoms with Gasteiger partial charge in [0.25, 0.3) is 0 Å². The van der Waals surface area contributed by atoms with Gasteiger partial charge in [0, 0.05) is 43.8 Å². The maximum absolute atomic E-state index is 3.24. The zero-order chi connectivity index (χ0) is 12.1. The lowest BCUT2D eigenvalue weighted by Crippen LogP contribution is -2.02. The van der Waals surface area contributed by atoms with Crippen molar-refractivity contribution in [1.29, 1.82) is 0 Å². The highest BCUT2D eigenvalue weighted by atomic mass is 14.9. The summed E-state index contributed by atoms with van der Waals surface area (Å²) in [7, 11) is 5.82. The van der Waals surface area contributed by atoms with Crippen LogP contribution in [0.1, 0.15) is 19.4 Å². The molecule has 3 nitrogen and oxygen atoms in total. The SMILES string of the molecule is C/C=C(/C)c1c(NC)cc(NC)cc1NC. The average molecular weight is 219 g/mol. The lowest BCUT2D eigenvalue weighted by Gasteiger charge is -2.17. The van der Waals surface area contributed by atoms with E-state index in [-0.39, 0.29) is 0 Å². The predicted octanol–water partition coefficient (Wildman–Crippen LogP) is 3.23. The molecule has 0 spiro atoms. The van der Waals surface area contributed by atoms with Crippen molar-refractivity contribution in [1.82, 2.24) is 0 Å². The van der Waals surface area contributed by atoms with Crippen molar-refractivity contribution in [3.8, 4) is 0 Å². The first-order valence-corrected chi connectivity index (χ1v) is 5.52. The van der Waals surface area contributed by atoms with Crippen LogP contribution in [0, 0.1) is 0 Å². The molecule has 0 saturated heterocycles. The van der Waals surface area contributed by atoms with Crippen molar-refractivity contribution in [3.63, 3.8) is 0 Å². The Kier molecular flexibility index (Phi) is 4.23. The monoisotopic (exact) mass is 219 g/mol. The molecule has 0 amide bonds. The summed E-state index contributed by atoms with van der Waals surface area (Å²) in [6, 6.07) is 4.23. The van der Waals surface area contributed by atoms with Crippen molar-refractivity contribution in [3.05, 3.63) is 23.8 Å². The Balaban J connectivity index is 3.43. The highest BCUT2D eigenvalue weighted by Crippen LogP contribution is 2.34. The molecule has 3 heteroatoms. The summed E-state index contributed by atoms with van der Waals surface area (Å²) >= 11 is 0. The van der Waals surface area contributed by atoms with E-state index in [2.05, 4.69) is 48.0 Å². The van der Waals surface area contributed by atoms with Crippen LogP contribution >= 0.6 is 0 Å². The molecule has 1 aromatic carbocycles. The van der Waals surface area contributed by atoms with Crippen molar-refractivity contribution < 1.29 is 0 Å². The van der Waals surface area contributed by atoms with Crippen LogP contribution in [-0.4, -0.2) is 21.1 Å². The van der Waals surface area contributed by atoms with E-state index in [1.807, 2.05) is 21.1 Å². The van der Waals surface area contributed by atoms with E-state index in [0.29, 0.717) is 0 Å². The van der Waals surface area contributed by atoms with Gasteiger partial charge in [0.2, 0.25) is 0 Å². The third kappa shape index (κ3) is 2.30. The van der Waals surface area contributed by atoms with Crippen molar-refractivity contribution in [2.75, 3.05) is 37.1 Å². The first-order chi connectivity index (χ1) is 7.67. The molecule has 1 rings (SSSR count). The number of hydrogen-bond donors (Lipinski definition) is 3. The van der Waals surface area contributed by atoms with Crippen LogP contribution in [0.5, 0.6) is 0 Å². The van der Waals surface area contributed by atoms with Gasteiger partial charge >= 0.3 is 0 Å². The molecular formula is C13H21N3. The fourth-order valence-corrected chi connectivity index (χ4v) is 1.75. The van der Waals surface area contributed by atoms with Gasteiger partial charge in [-0.05, 0) is 31.6 Å². The zero-order valence-corrected chi connectivity index (χ0v) is 10.7. The molecule has 0 aliphatic rings. The minimum absolute atomic E-state index is 1.10. The summed E-state index contributed by atoms with van der Waals surface area (Å²) < 4.78 is 0. The van der Waals surface area contributed by atoms with Gasteiger partial charge in [0.05, 0.1) is 0 Å². The van der Waals surface area contributed by atoms with Crippen molar-refractivity contribution in [2.45, 2.75) is 13.8 Å². The fourth-order valence-electron chi connectivity index (χ4n) is 1.75. The topological polar surface area (TPSA) is 36.1 Å². The largest absolute Gasteiger partial charge is 0.388 e. The van der Waals surface area contributed by atoms with E-state index in [0.717, 1.165) is 17.1 Å². The Labute approximate surface area is 97.9 Å². The van der Waals surface area contributed by atoms with Gasteiger partial charge in [-0.3, -0.25) is 0 Å². The van der Waals surface area contributed by atoms with Crippen LogP contribution in [0.2, 0.25) is 0 Å². The third-order valence-corrected chi connectivity index (χ3v) is 2.79. The number of nitrogens with one attached hydrogen (secondary N) is 3. The standard InChI is InChI=1S/C13H21N3/c1-6-9(2)13-11(15-4)7-10(14-3)8-12(13)16-5/h6-8,14-16H,1-5H3/b9-6-. The van der Waals surface area contributed by atoms with Crippen LogP contribution in [0.3, 0.4) is 0 Å². The van der Waals surface area contributed by atoms with Gasteiger partial charge in [-0.25, -0.2) is 0 Å². The predicted molar refractivity (Wildman–Crippen MR) is 74.4 cm³/mol. The number of allylic oxidation sites excluding steroid dienone is 2. The zero-order valence-electron chi connectivity index (χ0n) is 10.7. The highest BCUT2D eigenvalue weighted by molar-refractivity contribution is 5.87. The summed E-state index contributed by atoms with van der Waals surface area (Å²) in [5.74, 6) is 0. The van der Waals surface area contributed by atoms with Crippen LogP contribution in [0.15, 0.2) is 18.2 Å². The van der Waals surface area contributed by atoms with E-state index < -0.39 is 0 Å². The number of anilines is 3. The molecule has 88 valence electrons. The molecule has 3 N–H and O–H groups in total. The normalized spacial score (nSPS) is 11.2. The first-order valence-electron chi connectivity index (χ1n) is 5.52. The lowest BCUT2D eigenvalue weighted by molar-refractivity contribution is 1.40. The summed E-state index contributed by atoms with van der Waals surface area (Å²) in [4.78, 5) is 0. The quantitative estimate of drug-likeness (QED) is 0.727. The van der Waals surface area contributed by atoms with Crippen LogP contribution < -0.4 is 16.0 Å². The first kappa shape index (κ1) is 12.4. The smallest absolute Gasteiger partial charge is 0.0455 e. The molecule has 0 atom stereocenters. The molecule has 1 aromatic rings. The summed E-state index contributed by atoms with van der Waals surface area (Å²) in [5.41, 5.74) is 5.85. The van der Waals surface area contributed by atoms with Crippen LogP contribution in [0.25, 0.3) is 5.57 Å². The molecule has 0 aliphatic carbocycles. The molecule has 0 fully saturated rings. The number of rotatable bonds is 4. The van der Waals surface area contributed by atoms with Gasteiger partial charge in [-0.15, -0.1) is 0 Å². The minimum Gasteiger partial charge on any atom is -0.388 e. The molecule has 0 aliphatic heterocycles. The van der Waals surface area contributed by atoms with Gasteiger partial charge < -0.3 is 16.0 Å². The second-order valence-electron chi connectivity index (χ2n) is 3.67. The number of hydrogen-bond acceptors (Lipinski definition) is 3. The van der Waals surface area contributed by atoms with Gasteiger partial charge in [0.15, 0.2) is 0 Å². The Hall–Kier alpha value is -1.64. The Morgan fingerprint density at radius 1 is 1.00 bits per heavy atom. The fraction of sp³-hybridized carbons (Fsp3) is 0.385. The van der Waals surface area contributed by atoms with E-state index in [1.165, 1.54) is 11.1 Å². The second-order valence-corrected chi connectivity index (χ2v) is 3.67. The molecule has 0 bridgehead atoms. The van der Waals surface area contributed by atoms with E-state index in [1.54, 1.807) is 0 Å². The second kappa shape index (κ2) is 5.45. The summed E-state index contributed by atoms with van der Waals surface area (Å²) in [5, 5.41) is 9.64. The van der Waals surface area contributed by atoms with E-state index in [9.17, 15) is 0 Å². The molecule has 0 heterocycles. The molecule has 0 aromatic heterocycles. The molecule has 0 radical (unpaired) electrons. The minimum atomic E-state index is 1.10. The Morgan fingerprint density at radius 3 is 1.81 bits per heavy atom. The molecule has 0 unspecified atom stereocenters. The average Bonchev–Trinajstić information content (AvgIpc) is 2.35. The molecule has 16 heavy (non-hydrogen) atoms. The van der Waals surface area contributed by atoms with Gasteiger partial charge in [0.1, 0.15) is 0 Å². The Morgan fingerprint density at radius 2 is 1.50 bits per heavy atom. The summed E-state index contributed by atoms with van der Waals surface area (Å²) in [6.45, 7) is 4.18. The molecule has 0 saturated carbocycles. The molecular weight excluding hydrogens is 198 g/mol. The Bertz CT molecular complexity index is 369. The third-order valence-electron chi connectivity index (χ3n) is 2.79. The van der Waals surface area contributed by atoms with Gasteiger partial charge in [-0.1, -0.05) is 6.08 Å². The number of benzene rings is 1. The van der Waals surface area contributed by atoms with E-state index in [4.69, 9.17) is 0 Å². The lowest BCUT2D eigenvalue weighted by atomic mass is 10.0. The summed E-state index contributed by atoms with van der Waals surface area (Å²) in [6.07, 6.45) is 2.12. The maximum Gasteiger partial charge on any atom is 0.0455 e. The van der Waals surface area contributed by atoms with Crippen molar-refractivity contribution >= 4 is 22.6 Å². The van der Waals surface area contributed by atoms with Crippen LogP contribution in [0.4, 0.5) is 17.1 Å².